The Hall–Kier alpha value is -1.56. The highest BCUT2D eigenvalue weighted by atomic mass is 14.4. The number of rotatable bonds is 7. The minimum absolute atomic E-state index is 0.793. The van der Waals surface area contributed by atoms with E-state index in [0.717, 1.165) is 23.7 Å². The van der Waals surface area contributed by atoms with Gasteiger partial charge in [0.1, 0.15) is 0 Å². The molecule has 0 unspecified atom stereocenters. The van der Waals surface area contributed by atoms with Crippen molar-refractivity contribution in [2.24, 2.45) is 17.8 Å². The van der Waals surface area contributed by atoms with E-state index in [0.29, 0.717) is 0 Å². The summed E-state index contributed by atoms with van der Waals surface area (Å²) in [6.07, 6.45) is 17.6. The predicted molar refractivity (Wildman–Crippen MR) is 126 cm³/mol. The van der Waals surface area contributed by atoms with Gasteiger partial charge in [0.15, 0.2) is 0 Å². The van der Waals surface area contributed by atoms with Crippen LogP contribution in [-0.4, -0.2) is 0 Å². The molecule has 2 aliphatic carbocycles. The third-order valence-corrected chi connectivity index (χ3v) is 8.04. The first-order valence-corrected chi connectivity index (χ1v) is 12.5. The average molecular weight is 389 g/mol. The number of unbranched alkanes of at least 4 members (excludes halogenated alkanes) is 2. The van der Waals surface area contributed by atoms with Gasteiger partial charge in [-0.2, -0.15) is 0 Å². The summed E-state index contributed by atoms with van der Waals surface area (Å²) < 4.78 is 0. The molecular formula is C29H40. The largest absolute Gasteiger partial charge is 0.0654 e. The van der Waals surface area contributed by atoms with Crippen LogP contribution in [0.3, 0.4) is 0 Å². The number of benzene rings is 2. The highest BCUT2D eigenvalue weighted by Gasteiger charge is 2.31. The normalized spacial score (nSPS) is 27.6. The van der Waals surface area contributed by atoms with Crippen molar-refractivity contribution in [3.05, 3.63) is 60.2 Å². The van der Waals surface area contributed by atoms with Crippen LogP contribution in [0.2, 0.25) is 0 Å². The van der Waals surface area contributed by atoms with Crippen LogP contribution in [0.1, 0.15) is 95.5 Å². The lowest BCUT2D eigenvalue weighted by atomic mass is 9.68. The van der Waals surface area contributed by atoms with Crippen molar-refractivity contribution in [3.63, 3.8) is 0 Å². The second-order valence-electron chi connectivity index (χ2n) is 9.88. The van der Waals surface area contributed by atoms with Crippen LogP contribution in [0.25, 0.3) is 11.1 Å². The lowest BCUT2D eigenvalue weighted by Gasteiger charge is -2.38. The third-order valence-electron chi connectivity index (χ3n) is 8.04. The SMILES string of the molecule is CCCCC[C@H]1CC[C@H]([C@H]2CC[C@H](c3ccc(-c4ccccc4)cc3)CC2)CC1. The van der Waals surface area contributed by atoms with Crippen molar-refractivity contribution in [2.75, 3.05) is 0 Å². The van der Waals surface area contributed by atoms with E-state index in [2.05, 4.69) is 61.5 Å². The van der Waals surface area contributed by atoms with Gasteiger partial charge in [-0.3, -0.25) is 0 Å². The van der Waals surface area contributed by atoms with Gasteiger partial charge in [0.25, 0.3) is 0 Å². The van der Waals surface area contributed by atoms with E-state index in [1.54, 1.807) is 5.56 Å². The van der Waals surface area contributed by atoms with Crippen molar-refractivity contribution >= 4 is 0 Å². The van der Waals surface area contributed by atoms with E-state index in [1.807, 2.05) is 0 Å². The zero-order valence-electron chi connectivity index (χ0n) is 18.5. The van der Waals surface area contributed by atoms with Gasteiger partial charge >= 0.3 is 0 Å². The van der Waals surface area contributed by atoms with Crippen molar-refractivity contribution in [1.29, 1.82) is 0 Å². The van der Waals surface area contributed by atoms with Gasteiger partial charge in [0.05, 0.1) is 0 Å². The zero-order valence-corrected chi connectivity index (χ0v) is 18.5. The van der Waals surface area contributed by atoms with Gasteiger partial charge in [0, 0.05) is 0 Å². The maximum Gasteiger partial charge on any atom is -0.0162 e. The highest BCUT2D eigenvalue weighted by molar-refractivity contribution is 5.63. The average Bonchev–Trinajstić information content (AvgIpc) is 2.81. The first-order chi connectivity index (χ1) is 14.3. The van der Waals surface area contributed by atoms with E-state index in [9.17, 15) is 0 Å². The number of hydrogen-bond donors (Lipinski definition) is 0. The quantitative estimate of drug-likeness (QED) is 0.415. The topological polar surface area (TPSA) is 0 Å². The molecule has 0 aliphatic heterocycles. The second-order valence-corrected chi connectivity index (χ2v) is 9.88. The molecule has 2 aliphatic rings. The van der Waals surface area contributed by atoms with Crippen molar-refractivity contribution < 1.29 is 0 Å². The molecular weight excluding hydrogens is 348 g/mol. The Balaban J connectivity index is 1.24. The monoisotopic (exact) mass is 388 g/mol. The maximum atomic E-state index is 2.40. The summed E-state index contributed by atoms with van der Waals surface area (Å²) in [6.45, 7) is 2.32. The van der Waals surface area contributed by atoms with Gasteiger partial charge in [0.2, 0.25) is 0 Å². The molecule has 0 amide bonds. The van der Waals surface area contributed by atoms with Crippen molar-refractivity contribution in [2.45, 2.75) is 89.9 Å². The van der Waals surface area contributed by atoms with Gasteiger partial charge in [-0.25, -0.2) is 0 Å². The second kappa shape index (κ2) is 10.5. The highest BCUT2D eigenvalue weighted by Crippen LogP contribution is 2.44. The van der Waals surface area contributed by atoms with Crippen LogP contribution >= 0.6 is 0 Å². The molecule has 2 saturated carbocycles. The zero-order chi connectivity index (χ0) is 19.9. The Labute approximate surface area is 179 Å². The summed E-state index contributed by atoms with van der Waals surface area (Å²) in [5.74, 6) is 3.91. The third kappa shape index (κ3) is 5.53. The van der Waals surface area contributed by atoms with E-state index < -0.39 is 0 Å². The first-order valence-electron chi connectivity index (χ1n) is 12.5. The smallest absolute Gasteiger partial charge is 0.0162 e. The lowest BCUT2D eigenvalue weighted by molar-refractivity contribution is 0.155. The Kier molecular flexibility index (Phi) is 7.47. The van der Waals surface area contributed by atoms with E-state index in [1.165, 1.54) is 88.2 Å². The molecule has 0 atom stereocenters. The molecule has 0 radical (unpaired) electrons. The summed E-state index contributed by atoms with van der Waals surface area (Å²) in [5, 5.41) is 0. The minimum atomic E-state index is 0.793. The van der Waals surface area contributed by atoms with Gasteiger partial charge < -0.3 is 0 Å². The summed E-state index contributed by atoms with van der Waals surface area (Å²) >= 11 is 0. The van der Waals surface area contributed by atoms with Gasteiger partial charge in [-0.1, -0.05) is 100 Å². The van der Waals surface area contributed by atoms with Crippen LogP contribution in [0.4, 0.5) is 0 Å². The molecule has 2 aromatic carbocycles. The molecule has 2 aromatic rings. The molecule has 4 rings (SSSR count). The predicted octanol–water partition coefficient (Wildman–Crippen LogP) is 9.01. The minimum Gasteiger partial charge on any atom is -0.0654 e. The van der Waals surface area contributed by atoms with Crippen LogP contribution in [-0.2, 0) is 0 Å². The Morgan fingerprint density at radius 2 is 1.21 bits per heavy atom. The number of hydrogen-bond acceptors (Lipinski definition) is 0. The summed E-state index contributed by atoms with van der Waals surface area (Å²) in [6, 6.07) is 20.2. The fraction of sp³-hybridized carbons (Fsp3) is 0.586. The molecule has 156 valence electrons. The molecule has 29 heavy (non-hydrogen) atoms. The van der Waals surface area contributed by atoms with Gasteiger partial charge in [-0.05, 0) is 78.9 Å². The molecule has 0 bridgehead atoms. The molecule has 0 saturated heterocycles. The van der Waals surface area contributed by atoms with E-state index >= 15 is 0 Å². The lowest BCUT2D eigenvalue weighted by Crippen LogP contribution is -2.25. The molecule has 0 nitrogen and oxygen atoms in total. The van der Waals surface area contributed by atoms with Crippen molar-refractivity contribution in [1.82, 2.24) is 0 Å². The molecule has 2 fully saturated rings. The summed E-state index contributed by atoms with van der Waals surface area (Å²) in [4.78, 5) is 0. The summed E-state index contributed by atoms with van der Waals surface area (Å²) in [7, 11) is 0. The fourth-order valence-electron chi connectivity index (χ4n) is 6.13. The molecule has 0 spiro atoms. The van der Waals surface area contributed by atoms with E-state index in [4.69, 9.17) is 0 Å². The molecule has 0 aromatic heterocycles. The van der Waals surface area contributed by atoms with Crippen molar-refractivity contribution in [3.8, 4) is 11.1 Å². The fourth-order valence-corrected chi connectivity index (χ4v) is 6.13. The standard InChI is InChI=1S/C29H40/c1-2-3-5-8-23-11-13-25(14-12-23)27-19-21-29(22-20-27)28-17-15-26(16-18-28)24-9-6-4-7-10-24/h4,6-7,9-10,15-18,23,25,27,29H,2-3,5,8,11-14,19-22H2,1H3/t23-,25-,27-,29-. The van der Waals surface area contributed by atoms with Crippen LogP contribution in [0.15, 0.2) is 54.6 Å². The molecule has 0 N–H and O–H groups in total. The molecule has 0 heterocycles. The van der Waals surface area contributed by atoms with E-state index in [-0.39, 0.29) is 0 Å². The summed E-state index contributed by atoms with van der Waals surface area (Å²) in [5.41, 5.74) is 4.24. The van der Waals surface area contributed by atoms with Gasteiger partial charge in [-0.15, -0.1) is 0 Å². The van der Waals surface area contributed by atoms with Crippen LogP contribution < -0.4 is 0 Å². The Morgan fingerprint density at radius 3 is 1.83 bits per heavy atom. The Morgan fingerprint density at radius 1 is 0.621 bits per heavy atom. The molecule has 0 heteroatoms. The Bertz CT molecular complexity index is 697. The van der Waals surface area contributed by atoms with Crippen LogP contribution in [0, 0.1) is 17.8 Å². The first kappa shape index (κ1) is 20.7. The maximum absolute atomic E-state index is 2.40. The van der Waals surface area contributed by atoms with Crippen LogP contribution in [0.5, 0.6) is 0 Å².